The van der Waals surface area contributed by atoms with Crippen molar-refractivity contribution < 1.29 is 9.34 Å². The summed E-state index contributed by atoms with van der Waals surface area (Å²) in [6.45, 7) is 0. The molecule has 98 valence electrons. The van der Waals surface area contributed by atoms with Gasteiger partial charge in [-0.25, -0.2) is 0 Å². The number of anilines is 1. The fourth-order valence-corrected chi connectivity index (χ4v) is 1.76. The maximum atomic E-state index is 10.4. The Morgan fingerprint density at radius 1 is 1.26 bits per heavy atom. The first-order valence-electron chi connectivity index (χ1n) is 5.05. The second kappa shape index (κ2) is 5.73. The fraction of sp³-hybridized carbons (Fsp3) is 0. The highest BCUT2D eigenvalue weighted by atomic mass is 35.5. The minimum absolute atomic E-state index is 0.238. The minimum atomic E-state index is -0.629. The van der Waals surface area contributed by atoms with E-state index in [0.717, 1.165) is 0 Å². The molecule has 8 heteroatoms. The first-order chi connectivity index (χ1) is 9.08. The number of benzene rings is 1. The fourth-order valence-electron chi connectivity index (χ4n) is 1.27. The smallest absolute Gasteiger partial charge is 0.400 e. The van der Waals surface area contributed by atoms with Gasteiger partial charge < -0.3 is 4.42 Å². The predicted molar refractivity (Wildman–Crippen MR) is 73.0 cm³/mol. The van der Waals surface area contributed by atoms with Gasteiger partial charge in [-0.3, -0.25) is 15.5 Å². The van der Waals surface area contributed by atoms with Crippen LogP contribution in [0.4, 0.5) is 11.6 Å². The molecule has 6 nitrogen and oxygen atoms in total. The van der Waals surface area contributed by atoms with Crippen LogP contribution in [-0.2, 0) is 0 Å². The summed E-state index contributed by atoms with van der Waals surface area (Å²) in [5, 5.41) is 15.1. The molecule has 0 aliphatic rings. The van der Waals surface area contributed by atoms with E-state index in [0.29, 0.717) is 15.7 Å². The topological polar surface area (TPSA) is 80.7 Å². The number of halogens is 2. The summed E-state index contributed by atoms with van der Waals surface area (Å²) in [6.07, 6.45) is 1.28. The molecule has 19 heavy (non-hydrogen) atoms. The Morgan fingerprint density at radius 2 is 1.95 bits per heavy atom. The van der Waals surface area contributed by atoms with E-state index in [1.807, 2.05) is 0 Å². The first kappa shape index (κ1) is 13.4. The average Bonchev–Trinajstić information content (AvgIpc) is 2.82. The molecule has 0 radical (unpaired) electrons. The van der Waals surface area contributed by atoms with E-state index in [1.165, 1.54) is 18.3 Å². The Bertz CT molecular complexity index is 620. The van der Waals surface area contributed by atoms with Crippen LogP contribution in [0.25, 0.3) is 0 Å². The third-order valence-electron chi connectivity index (χ3n) is 2.12. The molecule has 0 fully saturated rings. The number of hydrogen-bond acceptors (Lipinski definition) is 5. The molecule has 1 N–H and O–H groups in total. The number of nitro groups is 1. The molecular formula is C11H7Cl2N3O3. The Kier molecular flexibility index (Phi) is 4.03. The normalized spacial score (nSPS) is 10.8. The van der Waals surface area contributed by atoms with Gasteiger partial charge >= 0.3 is 5.88 Å². The van der Waals surface area contributed by atoms with Crippen molar-refractivity contribution in [1.82, 2.24) is 0 Å². The highest BCUT2D eigenvalue weighted by Gasteiger charge is 2.10. The maximum Gasteiger partial charge on any atom is 0.433 e. The zero-order valence-corrected chi connectivity index (χ0v) is 10.9. The van der Waals surface area contributed by atoms with Gasteiger partial charge in [0.05, 0.1) is 28.0 Å². The van der Waals surface area contributed by atoms with Gasteiger partial charge in [-0.1, -0.05) is 29.3 Å². The third-order valence-corrected chi connectivity index (χ3v) is 2.75. The van der Waals surface area contributed by atoms with E-state index < -0.39 is 4.92 Å². The molecule has 1 heterocycles. The SMILES string of the molecule is O=[N+]([O-])c1ccc(/C=N\Nc2c(Cl)cccc2Cl)o1. The Labute approximate surface area is 117 Å². The maximum absolute atomic E-state index is 10.4. The summed E-state index contributed by atoms with van der Waals surface area (Å²) < 4.78 is 4.89. The summed E-state index contributed by atoms with van der Waals surface area (Å²) in [4.78, 5) is 9.79. The summed E-state index contributed by atoms with van der Waals surface area (Å²) >= 11 is 11.8. The Balaban J connectivity index is 2.09. The molecule has 1 aromatic carbocycles. The van der Waals surface area contributed by atoms with Gasteiger partial charge in [0.2, 0.25) is 0 Å². The second-order valence-electron chi connectivity index (χ2n) is 3.40. The van der Waals surface area contributed by atoms with Gasteiger partial charge in [-0.05, 0) is 18.2 Å². The average molecular weight is 300 g/mol. The monoisotopic (exact) mass is 299 g/mol. The summed E-state index contributed by atoms with van der Waals surface area (Å²) in [5.41, 5.74) is 3.09. The van der Waals surface area contributed by atoms with Crippen molar-refractivity contribution in [1.29, 1.82) is 0 Å². The highest BCUT2D eigenvalue weighted by molar-refractivity contribution is 6.39. The van der Waals surface area contributed by atoms with E-state index in [1.54, 1.807) is 18.2 Å². The second-order valence-corrected chi connectivity index (χ2v) is 4.21. The standard InChI is InChI=1S/C11H7Cl2N3O3/c12-8-2-1-3-9(13)11(8)15-14-6-7-4-5-10(19-7)16(17)18/h1-6,15H/b14-6-. The lowest BCUT2D eigenvalue weighted by atomic mass is 10.3. The van der Waals surface area contributed by atoms with Crippen molar-refractivity contribution in [2.75, 3.05) is 5.43 Å². The molecule has 0 unspecified atom stereocenters. The summed E-state index contributed by atoms with van der Waals surface area (Å²) in [5.74, 6) is -0.111. The molecule has 2 aromatic rings. The predicted octanol–water partition coefficient (Wildman–Crippen LogP) is 3.94. The molecular weight excluding hydrogens is 293 g/mol. The van der Waals surface area contributed by atoms with Crippen LogP contribution < -0.4 is 5.43 Å². The third kappa shape index (κ3) is 3.24. The van der Waals surface area contributed by atoms with Gasteiger partial charge in [0.25, 0.3) is 0 Å². The van der Waals surface area contributed by atoms with Crippen molar-refractivity contribution in [2.45, 2.75) is 0 Å². The van der Waals surface area contributed by atoms with E-state index in [4.69, 9.17) is 27.6 Å². The van der Waals surface area contributed by atoms with Crippen LogP contribution in [0.2, 0.25) is 10.0 Å². The lowest BCUT2D eigenvalue weighted by molar-refractivity contribution is -0.402. The number of nitrogens with zero attached hydrogens (tertiary/aromatic N) is 2. The zero-order valence-electron chi connectivity index (χ0n) is 9.34. The lowest BCUT2D eigenvalue weighted by Gasteiger charge is -2.04. The molecule has 0 aliphatic heterocycles. The van der Waals surface area contributed by atoms with Gasteiger partial charge in [-0.2, -0.15) is 5.10 Å². The van der Waals surface area contributed by atoms with E-state index >= 15 is 0 Å². The Morgan fingerprint density at radius 3 is 2.53 bits per heavy atom. The van der Waals surface area contributed by atoms with Gasteiger partial charge in [0.1, 0.15) is 4.92 Å². The zero-order chi connectivity index (χ0) is 13.8. The highest BCUT2D eigenvalue weighted by Crippen LogP contribution is 2.29. The van der Waals surface area contributed by atoms with Gasteiger partial charge in [0, 0.05) is 0 Å². The van der Waals surface area contributed by atoms with Crippen molar-refractivity contribution in [3.63, 3.8) is 0 Å². The molecule has 0 saturated carbocycles. The molecule has 0 atom stereocenters. The van der Waals surface area contributed by atoms with Crippen LogP contribution in [0.15, 0.2) is 39.9 Å². The van der Waals surface area contributed by atoms with Crippen molar-refractivity contribution in [2.24, 2.45) is 5.10 Å². The van der Waals surface area contributed by atoms with Gasteiger partial charge in [0.15, 0.2) is 5.76 Å². The van der Waals surface area contributed by atoms with Crippen LogP contribution in [0.1, 0.15) is 5.76 Å². The van der Waals surface area contributed by atoms with Crippen LogP contribution in [-0.4, -0.2) is 11.1 Å². The molecule has 0 aliphatic carbocycles. The quantitative estimate of drug-likeness (QED) is 0.527. The van der Waals surface area contributed by atoms with E-state index in [-0.39, 0.29) is 11.6 Å². The molecule has 0 amide bonds. The van der Waals surface area contributed by atoms with Crippen molar-refractivity contribution in [3.05, 3.63) is 56.3 Å². The molecule has 2 rings (SSSR count). The molecule has 0 bridgehead atoms. The van der Waals surface area contributed by atoms with Crippen LogP contribution in [0.5, 0.6) is 0 Å². The van der Waals surface area contributed by atoms with Gasteiger partial charge in [-0.15, -0.1) is 0 Å². The van der Waals surface area contributed by atoms with E-state index in [2.05, 4.69) is 10.5 Å². The number of para-hydroxylation sites is 1. The number of furan rings is 1. The molecule has 0 spiro atoms. The number of hydrogen-bond donors (Lipinski definition) is 1. The van der Waals surface area contributed by atoms with Crippen LogP contribution in [0.3, 0.4) is 0 Å². The van der Waals surface area contributed by atoms with Crippen molar-refractivity contribution in [3.8, 4) is 0 Å². The summed E-state index contributed by atoms with van der Waals surface area (Å²) in [6, 6.07) is 7.68. The summed E-state index contributed by atoms with van der Waals surface area (Å²) in [7, 11) is 0. The largest absolute Gasteiger partial charge is 0.433 e. The van der Waals surface area contributed by atoms with Crippen LogP contribution >= 0.6 is 23.2 Å². The lowest BCUT2D eigenvalue weighted by Crippen LogP contribution is -1.91. The van der Waals surface area contributed by atoms with Crippen molar-refractivity contribution >= 4 is 41.0 Å². The number of hydrazone groups is 1. The molecule has 1 aromatic heterocycles. The minimum Gasteiger partial charge on any atom is -0.400 e. The first-order valence-corrected chi connectivity index (χ1v) is 5.81. The number of nitrogens with one attached hydrogen (secondary N) is 1. The van der Waals surface area contributed by atoms with Crippen LogP contribution in [0, 0.1) is 10.1 Å². The van der Waals surface area contributed by atoms with E-state index in [9.17, 15) is 10.1 Å². The number of rotatable bonds is 4. The Hall–Kier alpha value is -2.05. The molecule has 0 saturated heterocycles.